The van der Waals surface area contributed by atoms with Crippen LogP contribution in [-0.4, -0.2) is 46.1 Å². The van der Waals surface area contributed by atoms with E-state index in [0.29, 0.717) is 11.5 Å². The Morgan fingerprint density at radius 1 is 1.67 bits per heavy atom. The number of nitrogens with zero attached hydrogens (tertiary/aromatic N) is 1. The Labute approximate surface area is 77.5 Å². The minimum absolute atomic E-state index is 0.249. The van der Waals surface area contributed by atoms with Crippen LogP contribution in [0.5, 0.6) is 0 Å². The highest BCUT2D eigenvalue weighted by Crippen LogP contribution is 2.18. The van der Waals surface area contributed by atoms with Gasteiger partial charge in [0.2, 0.25) is 0 Å². The van der Waals surface area contributed by atoms with E-state index < -0.39 is 7.12 Å². The molecule has 0 saturated carbocycles. The molecule has 1 aliphatic heterocycles. The van der Waals surface area contributed by atoms with Crippen molar-refractivity contribution in [1.29, 1.82) is 0 Å². The first-order valence-electron chi connectivity index (χ1n) is 4.02. The first-order valence-corrected chi connectivity index (χ1v) is 4.43. The van der Waals surface area contributed by atoms with Gasteiger partial charge in [0.1, 0.15) is 0 Å². The third kappa shape index (κ3) is 1.95. The number of hydrogen-bond acceptors (Lipinski definition) is 4. The van der Waals surface area contributed by atoms with Gasteiger partial charge < -0.3 is 20.7 Å². The molecule has 0 aromatic carbocycles. The summed E-state index contributed by atoms with van der Waals surface area (Å²) < 4.78 is 0. The van der Waals surface area contributed by atoms with E-state index >= 15 is 0 Å². The lowest BCUT2D eigenvalue weighted by Crippen LogP contribution is -2.46. The van der Waals surface area contributed by atoms with Gasteiger partial charge in [-0.15, -0.1) is 0 Å². The van der Waals surface area contributed by atoms with Gasteiger partial charge in [-0.2, -0.15) is 0 Å². The SMILES string of the molecule is NCC(=S)N1CCCC1B(O)O. The molecule has 0 spiro atoms. The molecular weight excluding hydrogens is 175 g/mol. The standard InChI is InChI=1S/C6H13BN2O2S/c8-4-6(12)9-3-1-2-5(9)7(10)11/h5,10-11H,1-4,8H2. The average Bonchev–Trinajstić information content (AvgIpc) is 2.50. The molecule has 0 radical (unpaired) electrons. The molecular formula is C6H13BN2O2S. The minimum atomic E-state index is -1.31. The zero-order valence-corrected chi connectivity index (χ0v) is 7.63. The second-order valence-electron chi connectivity index (χ2n) is 2.91. The predicted molar refractivity (Wildman–Crippen MR) is 51.6 cm³/mol. The summed E-state index contributed by atoms with van der Waals surface area (Å²) in [6.45, 7) is 1.09. The Morgan fingerprint density at radius 3 is 2.83 bits per heavy atom. The van der Waals surface area contributed by atoms with E-state index in [1.807, 2.05) is 0 Å². The highest BCUT2D eigenvalue weighted by atomic mass is 32.1. The molecule has 0 aromatic rings. The van der Waals surface area contributed by atoms with Crippen molar-refractivity contribution in [2.45, 2.75) is 18.8 Å². The van der Waals surface area contributed by atoms with Gasteiger partial charge in [-0.25, -0.2) is 0 Å². The zero-order valence-electron chi connectivity index (χ0n) is 6.81. The van der Waals surface area contributed by atoms with Crippen LogP contribution < -0.4 is 5.73 Å². The maximum atomic E-state index is 8.98. The molecule has 1 rings (SSSR count). The molecule has 12 heavy (non-hydrogen) atoms. The number of nitrogens with two attached hydrogens (primary N) is 1. The van der Waals surface area contributed by atoms with Crippen molar-refractivity contribution in [3.05, 3.63) is 0 Å². The van der Waals surface area contributed by atoms with Crippen LogP contribution in [0.1, 0.15) is 12.8 Å². The molecule has 1 heterocycles. The Hall–Kier alpha value is -0.165. The van der Waals surface area contributed by atoms with Gasteiger partial charge in [-0.05, 0) is 12.8 Å². The first-order chi connectivity index (χ1) is 5.66. The third-order valence-corrected chi connectivity index (χ3v) is 2.54. The van der Waals surface area contributed by atoms with E-state index in [9.17, 15) is 0 Å². The number of rotatable bonds is 2. The summed E-state index contributed by atoms with van der Waals surface area (Å²) >= 11 is 4.99. The number of likely N-dealkylation sites (tertiary alicyclic amines) is 1. The van der Waals surface area contributed by atoms with Gasteiger partial charge in [0, 0.05) is 13.1 Å². The van der Waals surface area contributed by atoms with E-state index in [4.69, 9.17) is 28.0 Å². The summed E-state index contributed by atoms with van der Waals surface area (Å²) in [6.07, 6.45) is 1.72. The molecule has 0 bridgehead atoms. The van der Waals surface area contributed by atoms with Gasteiger partial charge in [-0.1, -0.05) is 12.2 Å². The fraction of sp³-hybridized carbons (Fsp3) is 0.833. The predicted octanol–water partition coefficient (Wildman–Crippen LogP) is -1.25. The van der Waals surface area contributed by atoms with Gasteiger partial charge >= 0.3 is 7.12 Å². The molecule has 1 unspecified atom stereocenters. The molecule has 68 valence electrons. The maximum Gasteiger partial charge on any atom is 0.475 e. The summed E-state index contributed by atoms with van der Waals surface area (Å²) in [4.78, 5) is 2.42. The van der Waals surface area contributed by atoms with Gasteiger partial charge in [0.25, 0.3) is 0 Å². The topological polar surface area (TPSA) is 69.7 Å². The van der Waals surface area contributed by atoms with Crippen LogP contribution in [0, 0.1) is 0 Å². The van der Waals surface area contributed by atoms with Crippen molar-refractivity contribution < 1.29 is 10.0 Å². The molecule has 0 aromatic heterocycles. The summed E-state index contributed by atoms with van der Waals surface area (Å²) in [5.41, 5.74) is 5.37. The maximum absolute atomic E-state index is 8.98. The van der Waals surface area contributed by atoms with Gasteiger partial charge in [0.15, 0.2) is 0 Å². The molecule has 4 nitrogen and oxygen atoms in total. The van der Waals surface area contributed by atoms with E-state index in [1.165, 1.54) is 0 Å². The Kier molecular flexibility index (Phi) is 3.45. The minimum Gasteiger partial charge on any atom is -0.426 e. The summed E-state index contributed by atoms with van der Waals surface area (Å²) in [5.74, 6) is -0.249. The van der Waals surface area contributed by atoms with Crippen molar-refractivity contribution in [3.63, 3.8) is 0 Å². The summed E-state index contributed by atoms with van der Waals surface area (Å²) in [7, 11) is -1.31. The lowest BCUT2D eigenvalue weighted by Gasteiger charge is -2.25. The molecule has 1 fully saturated rings. The monoisotopic (exact) mass is 188 g/mol. The quantitative estimate of drug-likeness (QED) is 0.373. The zero-order chi connectivity index (χ0) is 9.14. The fourth-order valence-electron chi connectivity index (χ4n) is 1.53. The van der Waals surface area contributed by atoms with Crippen LogP contribution in [0.4, 0.5) is 0 Å². The second-order valence-corrected chi connectivity index (χ2v) is 3.39. The van der Waals surface area contributed by atoms with Crippen molar-refractivity contribution >= 4 is 24.3 Å². The molecule has 0 amide bonds. The molecule has 1 atom stereocenters. The van der Waals surface area contributed by atoms with Crippen LogP contribution in [0.15, 0.2) is 0 Å². The average molecular weight is 188 g/mol. The number of hydrogen-bond donors (Lipinski definition) is 3. The van der Waals surface area contributed by atoms with Crippen LogP contribution in [0.2, 0.25) is 0 Å². The Bertz CT molecular complexity index is 179. The molecule has 1 aliphatic rings. The van der Waals surface area contributed by atoms with Crippen molar-refractivity contribution in [2.75, 3.05) is 13.1 Å². The molecule has 0 aliphatic carbocycles. The molecule has 1 saturated heterocycles. The summed E-state index contributed by atoms with van der Waals surface area (Å²) in [6, 6.07) is 0. The van der Waals surface area contributed by atoms with E-state index in [0.717, 1.165) is 19.4 Å². The smallest absolute Gasteiger partial charge is 0.426 e. The summed E-state index contributed by atoms with van der Waals surface area (Å²) in [5, 5.41) is 18.0. The van der Waals surface area contributed by atoms with Gasteiger partial charge in [0.05, 0.1) is 10.9 Å². The Balaban J connectivity index is 2.57. The van der Waals surface area contributed by atoms with Crippen LogP contribution in [0.3, 0.4) is 0 Å². The van der Waals surface area contributed by atoms with Crippen molar-refractivity contribution in [3.8, 4) is 0 Å². The third-order valence-electron chi connectivity index (χ3n) is 2.14. The van der Waals surface area contributed by atoms with E-state index in [-0.39, 0.29) is 5.94 Å². The van der Waals surface area contributed by atoms with Crippen molar-refractivity contribution in [1.82, 2.24) is 4.90 Å². The van der Waals surface area contributed by atoms with Crippen LogP contribution in [0.25, 0.3) is 0 Å². The molecule has 6 heteroatoms. The Morgan fingerprint density at radius 2 is 2.33 bits per heavy atom. The molecule has 4 N–H and O–H groups in total. The van der Waals surface area contributed by atoms with Crippen LogP contribution >= 0.6 is 12.2 Å². The first kappa shape index (κ1) is 9.92. The highest BCUT2D eigenvalue weighted by Gasteiger charge is 2.34. The highest BCUT2D eigenvalue weighted by molar-refractivity contribution is 7.80. The second kappa shape index (κ2) is 4.18. The van der Waals surface area contributed by atoms with E-state index in [2.05, 4.69) is 0 Å². The largest absolute Gasteiger partial charge is 0.475 e. The van der Waals surface area contributed by atoms with E-state index in [1.54, 1.807) is 4.90 Å². The van der Waals surface area contributed by atoms with Crippen molar-refractivity contribution in [2.24, 2.45) is 5.73 Å². The lowest BCUT2D eigenvalue weighted by atomic mass is 9.78. The van der Waals surface area contributed by atoms with Crippen LogP contribution in [-0.2, 0) is 0 Å². The number of thiocarbonyl (C=S) groups is 1. The van der Waals surface area contributed by atoms with Gasteiger partial charge in [-0.3, -0.25) is 0 Å². The normalized spacial score (nSPS) is 22.9. The lowest BCUT2D eigenvalue weighted by molar-refractivity contribution is 0.336. The fourth-order valence-corrected chi connectivity index (χ4v) is 1.76.